The summed E-state index contributed by atoms with van der Waals surface area (Å²) in [7, 11) is 0. The van der Waals surface area contributed by atoms with Crippen molar-refractivity contribution in [2.75, 3.05) is 13.2 Å². The maximum Gasteiger partial charge on any atom is 0.340 e. The highest BCUT2D eigenvalue weighted by Gasteiger charge is 2.46. The Kier molecular flexibility index (Phi) is 5.28. The van der Waals surface area contributed by atoms with Gasteiger partial charge in [-0.2, -0.15) is 0 Å². The van der Waals surface area contributed by atoms with Gasteiger partial charge in [0, 0.05) is 5.92 Å². The molecule has 3 N–H and O–H groups in total. The van der Waals surface area contributed by atoms with Gasteiger partial charge in [-0.1, -0.05) is 48.5 Å². The van der Waals surface area contributed by atoms with E-state index in [0.29, 0.717) is 0 Å². The van der Waals surface area contributed by atoms with Crippen LogP contribution in [0.1, 0.15) is 37.8 Å². The minimum atomic E-state index is -2.26. The molecule has 0 spiro atoms. The zero-order valence-corrected chi connectivity index (χ0v) is 16.3. The van der Waals surface area contributed by atoms with Crippen molar-refractivity contribution in [3.8, 4) is 11.1 Å². The number of ether oxygens (including phenoxy) is 2. The summed E-state index contributed by atoms with van der Waals surface area (Å²) in [6.07, 6.45) is 0. The Morgan fingerprint density at radius 2 is 1.50 bits per heavy atom. The van der Waals surface area contributed by atoms with Crippen LogP contribution in [0.15, 0.2) is 48.5 Å². The normalized spacial score (nSPS) is 15.4. The average molecular weight is 383 g/mol. The first-order valence-electron chi connectivity index (χ1n) is 9.15. The van der Waals surface area contributed by atoms with Crippen LogP contribution in [-0.4, -0.2) is 41.4 Å². The maximum absolute atomic E-state index is 12.6. The van der Waals surface area contributed by atoms with Gasteiger partial charge in [0.1, 0.15) is 6.61 Å². The summed E-state index contributed by atoms with van der Waals surface area (Å²) in [5.74, 6) is -2.65. The highest BCUT2D eigenvalue weighted by Crippen LogP contribution is 2.44. The molecule has 0 heterocycles. The summed E-state index contributed by atoms with van der Waals surface area (Å²) in [4.78, 5) is 24.3. The molecule has 1 atom stereocenters. The van der Waals surface area contributed by atoms with E-state index in [0.717, 1.165) is 22.3 Å². The molecule has 0 bridgehead atoms. The van der Waals surface area contributed by atoms with Gasteiger partial charge in [-0.25, -0.2) is 9.59 Å². The highest BCUT2D eigenvalue weighted by molar-refractivity contribution is 6.04. The Morgan fingerprint density at radius 3 is 1.96 bits per heavy atom. The topological polar surface area (TPSA) is 98.9 Å². The number of esters is 1. The molecule has 1 aliphatic carbocycles. The zero-order valence-electron chi connectivity index (χ0n) is 16.3. The van der Waals surface area contributed by atoms with Gasteiger partial charge in [-0.05, 0) is 43.0 Å². The number of carboxylic acid groups (broad SMARTS) is 1. The predicted molar refractivity (Wildman–Crippen MR) is 105 cm³/mol. The molecule has 6 heteroatoms. The van der Waals surface area contributed by atoms with Gasteiger partial charge in [0.2, 0.25) is 5.54 Å². The fraction of sp³-hybridized carbons (Fsp3) is 0.364. The van der Waals surface area contributed by atoms with Crippen molar-refractivity contribution < 1.29 is 24.2 Å². The van der Waals surface area contributed by atoms with Crippen molar-refractivity contribution in [1.82, 2.24) is 0 Å². The standard InChI is InChI=1S/C22H25NO5/c1-21(2,3)28-13-22(23,19(24)25)20(26)27-12-18-16-10-6-4-8-14(16)15-9-5-7-11-17(15)18/h4-11,18H,12-13,23H2,1-3H3,(H,24,25)/t22-/m0/s1. The molecule has 0 aromatic heterocycles. The van der Waals surface area contributed by atoms with Crippen molar-refractivity contribution in [3.63, 3.8) is 0 Å². The van der Waals surface area contributed by atoms with Crippen LogP contribution in [0, 0.1) is 0 Å². The van der Waals surface area contributed by atoms with E-state index in [9.17, 15) is 14.7 Å². The molecule has 0 saturated heterocycles. The summed E-state index contributed by atoms with van der Waals surface area (Å²) in [5, 5.41) is 9.50. The number of rotatable bonds is 6. The third kappa shape index (κ3) is 3.79. The summed E-state index contributed by atoms with van der Waals surface area (Å²) in [6, 6.07) is 15.8. The van der Waals surface area contributed by atoms with E-state index in [1.54, 1.807) is 20.8 Å². The summed E-state index contributed by atoms with van der Waals surface area (Å²) >= 11 is 0. The van der Waals surface area contributed by atoms with Crippen LogP contribution in [0.4, 0.5) is 0 Å². The SMILES string of the molecule is CC(C)(C)OC[C@](N)(C(=O)O)C(=O)OCC1c2ccccc2-c2ccccc21. The third-order valence-electron chi connectivity index (χ3n) is 4.82. The molecule has 2 aromatic rings. The first kappa shape index (κ1) is 20.0. The molecule has 28 heavy (non-hydrogen) atoms. The Bertz CT molecular complexity index is 856. The molecular weight excluding hydrogens is 358 g/mol. The average Bonchev–Trinajstić information content (AvgIpc) is 2.97. The van der Waals surface area contributed by atoms with E-state index in [1.165, 1.54) is 0 Å². The molecule has 0 fully saturated rings. The van der Waals surface area contributed by atoms with Crippen LogP contribution in [0.2, 0.25) is 0 Å². The van der Waals surface area contributed by atoms with Gasteiger partial charge >= 0.3 is 11.9 Å². The van der Waals surface area contributed by atoms with Crippen LogP contribution in [0.5, 0.6) is 0 Å². The maximum atomic E-state index is 12.6. The first-order chi connectivity index (χ1) is 13.1. The number of hydrogen-bond donors (Lipinski definition) is 2. The van der Waals surface area contributed by atoms with Crippen LogP contribution in [-0.2, 0) is 19.1 Å². The Morgan fingerprint density at radius 1 is 1.00 bits per heavy atom. The lowest BCUT2D eigenvalue weighted by molar-refractivity contribution is -0.167. The largest absolute Gasteiger partial charge is 0.479 e. The number of fused-ring (bicyclic) bond motifs is 3. The molecular formula is C22H25NO5. The minimum Gasteiger partial charge on any atom is -0.479 e. The number of carbonyl (C=O) groups excluding carboxylic acids is 1. The number of carbonyl (C=O) groups is 2. The van der Waals surface area contributed by atoms with Crippen LogP contribution in [0.25, 0.3) is 11.1 Å². The quantitative estimate of drug-likeness (QED) is 0.588. The second-order valence-electron chi connectivity index (χ2n) is 8.00. The summed E-state index contributed by atoms with van der Waals surface area (Å²) in [6.45, 7) is 4.81. The lowest BCUT2D eigenvalue weighted by atomic mass is 9.97. The molecule has 0 aliphatic heterocycles. The van der Waals surface area contributed by atoms with Crippen molar-refractivity contribution in [2.24, 2.45) is 5.73 Å². The van der Waals surface area contributed by atoms with Crippen LogP contribution < -0.4 is 5.73 Å². The minimum absolute atomic E-state index is 0.00854. The molecule has 6 nitrogen and oxygen atoms in total. The van der Waals surface area contributed by atoms with E-state index in [-0.39, 0.29) is 12.5 Å². The number of carboxylic acids is 1. The van der Waals surface area contributed by atoms with Crippen molar-refractivity contribution in [3.05, 3.63) is 59.7 Å². The second kappa shape index (κ2) is 7.37. The monoisotopic (exact) mass is 383 g/mol. The van der Waals surface area contributed by atoms with E-state index < -0.39 is 29.7 Å². The molecule has 1 aliphatic rings. The van der Waals surface area contributed by atoms with Crippen molar-refractivity contribution in [1.29, 1.82) is 0 Å². The van der Waals surface area contributed by atoms with E-state index in [2.05, 4.69) is 0 Å². The van der Waals surface area contributed by atoms with Crippen molar-refractivity contribution in [2.45, 2.75) is 37.8 Å². The van der Waals surface area contributed by atoms with Crippen molar-refractivity contribution >= 4 is 11.9 Å². The molecule has 3 rings (SSSR count). The predicted octanol–water partition coefficient (Wildman–Crippen LogP) is 2.94. The van der Waals surface area contributed by atoms with E-state index in [4.69, 9.17) is 15.2 Å². The molecule has 0 radical (unpaired) electrons. The molecule has 0 saturated carbocycles. The Labute approximate surface area is 164 Å². The molecule has 2 aromatic carbocycles. The van der Waals surface area contributed by atoms with Gasteiger partial charge in [0.15, 0.2) is 0 Å². The number of benzene rings is 2. The first-order valence-corrected chi connectivity index (χ1v) is 9.15. The van der Waals surface area contributed by atoms with Gasteiger partial charge in [-0.15, -0.1) is 0 Å². The lowest BCUT2D eigenvalue weighted by Crippen LogP contribution is -2.60. The molecule has 0 unspecified atom stereocenters. The van der Waals surface area contributed by atoms with Gasteiger partial charge < -0.3 is 20.3 Å². The third-order valence-corrected chi connectivity index (χ3v) is 4.82. The summed E-state index contributed by atoms with van der Waals surface area (Å²) in [5.41, 5.74) is 7.24. The zero-order chi connectivity index (χ0) is 20.5. The Balaban J connectivity index is 1.79. The van der Waals surface area contributed by atoms with Crippen LogP contribution in [0.3, 0.4) is 0 Å². The molecule has 0 amide bonds. The number of aliphatic carboxylic acids is 1. The number of hydrogen-bond acceptors (Lipinski definition) is 5. The fourth-order valence-electron chi connectivity index (χ4n) is 3.27. The van der Waals surface area contributed by atoms with E-state index in [1.807, 2.05) is 48.5 Å². The number of nitrogens with two attached hydrogens (primary N) is 1. The summed E-state index contributed by atoms with van der Waals surface area (Å²) < 4.78 is 10.9. The fourth-order valence-corrected chi connectivity index (χ4v) is 3.27. The lowest BCUT2D eigenvalue weighted by Gasteiger charge is -2.28. The van der Waals surface area contributed by atoms with E-state index >= 15 is 0 Å². The second-order valence-corrected chi connectivity index (χ2v) is 8.00. The smallest absolute Gasteiger partial charge is 0.340 e. The van der Waals surface area contributed by atoms with Crippen LogP contribution >= 0.6 is 0 Å². The highest BCUT2D eigenvalue weighted by atomic mass is 16.5. The van der Waals surface area contributed by atoms with Gasteiger partial charge in [0.05, 0.1) is 12.2 Å². The van der Waals surface area contributed by atoms with Gasteiger partial charge in [-0.3, -0.25) is 0 Å². The van der Waals surface area contributed by atoms with Gasteiger partial charge in [0.25, 0.3) is 0 Å². The Hall–Kier alpha value is -2.70. The molecule has 148 valence electrons.